The third-order valence-corrected chi connectivity index (χ3v) is 6.79. The Balaban J connectivity index is 1.58. The first-order valence-electron chi connectivity index (χ1n) is 10.5. The van der Waals surface area contributed by atoms with Gasteiger partial charge in [-0.2, -0.15) is 0 Å². The molecule has 1 amide bonds. The summed E-state index contributed by atoms with van der Waals surface area (Å²) in [7, 11) is 2.18. The topological polar surface area (TPSA) is 44.8 Å². The largest absolute Gasteiger partial charge is 0.481 e. The van der Waals surface area contributed by atoms with Crippen molar-refractivity contribution in [2.24, 2.45) is 0 Å². The molecule has 156 valence electrons. The van der Waals surface area contributed by atoms with Crippen molar-refractivity contribution in [1.29, 1.82) is 0 Å². The van der Waals surface area contributed by atoms with Gasteiger partial charge in [0.15, 0.2) is 6.10 Å². The monoisotopic (exact) mass is 407 g/mol. The Bertz CT molecular complexity index is 668. The lowest BCUT2D eigenvalue weighted by Crippen LogP contribution is -2.62. The molecule has 5 nitrogen and oxygen atoms in total. The molecule has 0 unspecified atom stereocenters. The quantitative estimate of drug-likeness (QED) is 0.784. The van der Waals surface area contributed by atoms with Crippen LogP contribution in [0.15, 0.2) is 18.2 Å². The summed E-state index contributed by atoms with van der Waals surface area (Å²) in [6.07, 6.45) is 5.61. The lowest BCUT2D eigenvalue weighted by Gasteiger charge is -2.49. The summed E-state index contributed by atoms with van der Waals surface area (Å²) in [6.45, 7) is 8.83. The number of benzene rings is 1. The number of ether oxygens (including phenoxy) is 1. The van der Waals surface area contributed by atoms with Gasteiger partial charge in [-0.1, -0.05) is 30.9 Å². The molecule has 1 N–H and O–H groups in total. The van der Waals surface area contributed by atoms with Gasteiger partial charge in [-0.3, -0.25) is 9.69 Å². The molecule has 0 radical (unpaired) electrons. The highest BCUT2D eigenvalue weighted by Crippen LogP contribution is 2.34. The Hall–Kier alpha value is -1.30. The molecule has 28 heavy (non-hydrogen) atoms. The van der Waals surface area contributed by atoms with Crippen LogP contribution in [0, 0.1) is 6.92 Å². The van der Waals surface area contributed by atoms with Crippen molar-refractivity contribution in [2.75, 3.05) is 39.8 Å². The standard InChI is InChI=1S/C22H34ClN3O2/c1-17-15-19(7-8-20(17)23)28-18(2)21(27)24-16-22(9-5-4-6-10-22)26-13-11-25(3)12-14-26/h7-8,15,18H,4-6,9-14,16H2,1-3H3,(H,24,27)/t18-/m1/s1. The van der Waals surface area contributed by atoms with Crippen molar-refractivity contribution in [2.45, 2.75) is 57.6 Å². The normalized spacial score (nSPS) is 21.9. The van der Waals surface area contributed by atoms with Crippen LogP contribution < -0.4 is 10.1 Å². The molecule has 1 saturated heterocycles. The van der Waals surface area contributed by atoms with E-state index in [1.807, 2.05) is 26.0 Å². The zero-order valence-electron chi connectivity index (χ0n) is 17.5. The second-order valence-electron chi connectivity index (χ2n) is 8.46. The highest BCUT2D eigenvalue weighted by molar-refractivity contribution is 6.31. The van der Waals surface area contributed by atoms with Gasteiger partial charge in [-0.15, -0.1) is 0 Å². The lowest BCUT2D eigenvalue weighted by molar-refractivity contribution is -0.128. The van der Waals surface area contributed by atoms with Crippen LogP contribution in [0.4, 0.5) is 0 Å². The van der Waals surface area contributed by atoms with Gasteiger partial charge in [0.1, 0.15) is 5.75 Å². The van der Waals surface area contributed by atoms with E-state index >= 15 is 0 Å². The smallest absolute Gasteiger partial charge is 0.260 e. The van der Waals surface area contributed by atoms with Crippen molar-refractivity contribution < 1.29 is 9.53 Å². The van der Waals surface area contributed by atoms with E-state index in [9.17, 15) is 4.79 Å². The summed E-state index contributed by atoms with van der Waals surface area (Å²) in [6, 6.07) is 5.49. The van der Waals surface area contributed by atoms with Gasteiger partial charge in [0, 0.05) is 43.3 Å². The van der Waals surface area contributed by atoms with Crippen molar-refractivity contribution in [3.8, 4) is 5.75 Å². The summed E-state index contributed by atoms with van der Waals surface area (Å²) in [5.41, 5.74) is 1.05. The van der Waals surface area contributed by atoms with E-state index in [0.717, 1.165) is 31.7 Å². The fourth-order valence-corrected chi connectivity index (χ4v) is 4.56. The number of carbonyl (C=O) groups is 1. The fraction of sp³-hybridized carbons (Fsp3) is 0.682. The van der Waals surface area contributed by atoms with Crippen molar-refractivity contribution in [1.82, 2.24) is 15.1 Å². The summed E-state index contributed by atoms with van der Waals surface area (Å²) in [4.78, 5) is 17.7. The second-order valence-corrected chi connectivity index (χ2v) is 8.87. The Morgan fingerprint density at radius 3 is 2.54 bits per heavy atom. The number of hydrogen-bond acceptors (Lipinski definition) is 4. The van der Waals surface area contributed by atoms with Crippen LogP contribution in [0.5, 0.6) is 5.75 Å². The summed E-state index contributed by atoms with van der Waals surface area (Å²) in [5, 5.41) is 3.91. The molecule has 0 bridgehead atoms. The van der Waals surface area contributed by atoms with E-state index in [1.165, 1.54) is 32.1 Å². The number of halogens is 1. The van der Waals surface area contributed by atoms with E-state index in [0.29, 0.717) is 17.3 Å². The van der Waals surface area contributed by atoms with Crippen LogP contribution in [0.1, 0.15) is 44.6 Å². The molecule has 2 fully saturated rings. The number of carbonyl (C=O) groups excluding carboxylic acids is 1. The number of rotatable bonds is 6. The predicted octanol–water partition coefficient (Wildman–Crippen LogP) is 3.48. The van der Waals surface area contributed by atoms with Crippen LogP contribution >= 0.6 is 11.6 Å². The second kappa shape index (κ2) is 9.47. The molecule has 2 aliphatic rings. The molecule has 1 heterocycles. The molecule has 6 heteroatoms. The fourth-order valence-electron chi connectivity index (χ4n) is 4.44. The van der Waals surface area contributed by atoms with Crippen molar-refractivity contribution >= 4 is 17.5 Å². The molecule has 1 aromatic rings. The first-order chi connectivity index (χ1) is 13.4. The van der Waals surface area contributed by atoms with E-state index < -0.39 is 6.10 Å². The number of piperazine rings is 1. The Morgan fingerprint density at radius 1 is 1.21 bits per heavy atom. The van der Waals surface area contributed by atoms with Crippen molar-refractivity contribution in [3.63, 3.8) is 0 Å². The van der Waals surface area contributed by atoms with Gasteiger partial charge in [0.2, 0.25) is 0 Å². The maximum Gasteiger partial charge on any atom is 0.260 e. The van der Waals surface area contributed by atoms with Crippen LogP contribution in [0.25, 0.3) is 0 Å². The van der Waals surface area contributed by atoms with Crippen LogP contribution in [-0.2, 0) is 4.79 Å². The average molecular weight is 408 g/mol. The summed E-state index contributed by atoms with van der Waals surface area (Å²) >= 11 is 6.07. The number of nitrogens with zero attached hydrogens (tertiary/aromatic N) is 2. The molecule has 0 aromatic heterocycles. The molecule has 3 rings (SSSR count). The molecule has 1 atom stereocenters. The Labute approximate surface area is 174 Å². The minimum atomic E-state index is -0.534. The first-order valence-corrected chi connectivity index (χ1v) is 10.9. The van der Waals surface area contributed by atoms with Gasteiger partial charge in [-0.05, 0) is 57.5 Å². The Morgan fingerprint density at radius 2 is 1.89 bits per heavy atom. The number of hydrogen-bond donors (Lipinski definition) is 1. The zero-order valence-corrected chi connectivity index (χ0v) is 18.2. The number of aryl methyl sites for hydroxylation is 1. The van der Waals surface area contributed by atoms with Crippen molar-refractivity contribution in [3.05, 3.63) is 28.8 Å². The molecule has 1 aliphatic carbocycles. The SMILES string of the molecule is Cc1cc(O[C@H](C)C(=O)NCC2(N3CCN(C)CC3)CCCCC2)ccc1Cl. The van der Waals surface area contributed by atoms with Gasteiger partial charge in [-0.25, -0.2) is 0 Å². The Kier molecular flexibility index (Phi) is 7.24. The third-order valence-electron chi connectivity index (χ3n) is 6.36. The van der Waals surface area contributed by atoms with Crippen LogP contribution in [-0.4, -0.2) is 67.1 Å². The molecular formula is C22H34ClN3O2. The maximum absolute atomic E-state index is 12.7. The van der Waals surface area contributed by atoms with Gasteiger partial charge < -0.3 is 15.0 Å². The molecule has 1 aromatic carbocycles. The highest BCUT2D eigenvalue weighted by atomic mass is 35.5. The van der Waals surface area contributed by atoms with Gasteiger partial charge in [0.05, 0.1) is 0 Å². The van der Waals surface area contributed by atoms with E-state index in [2.05, 4.69) is 22.2 Å². The highest BCUT2D eigenvalue weighted by Gasteiger charge is 2.39. The number of amides is 1. The predicted molar refractivity (Wildman–Crippen MR) is 114 cm³/mol. The average Bonchev–Trinajstić information content (AvgIpc) is 2.70. The number of nitrogens with one attached hydrogen (secondary N) is 1. The molecule has 1 aliphatic heterocycles. The maximum atomic E-state index is 12.7. The molecule has 1 saturated carbocycles. The minimum Gasteiger partial charge on any atom is -0.481 e. The molecule has 0 spiro atoms. The first kappa shape index (κ1) is 21.4. The third kappa shape index (κ3) is 5.19. The molecular weight excluding hydrogens is 374 g/mol. The summed E-state index contributed by atoms with van der Waals surface area (Å²) in [5.74, 6) is 0.627. The lowest BCUT2D eigenvalue weighted by atomic mass is 9.79. The van der Waals surface area contributed by atoms with E-state index in [4.69, 9.17) is 16.3 Å². The number of likely N-dealkylation sites (N-methyl/N-ethyl adjacent to an activating group) is 1. The minimum absolute atomic E-state index is 0.0494. The van der Waals surface area contributed by atoms with Crippen LogP contribution in [0.3, 0.4) is 0 Å². The van der Waals surface area contributed by atoms with Gasteiger partial charge >= 0.3 is 0 Å². The summed E-state index contributed by atoms with van der Waals surface area (Å²) < 4.78 is 5.85. The van der Waals surface area contributed by atoms with Gasteiger partial charge in [0.25, 0.3) is 5.91 Å². The zero-order chi connectivity index (χ0) is 20.1. The van der Waals surface area contributed by atoms with E-state index in [-0.39, 0.29) is 11.4 Å². The van der Waals surface area contributed by atoms with Crippen LogP contribution in [0.2, 0.25) is 5.02 Å². The van der Waals surface area contributed by atoms with E-state index in [1.54, 1.807) is 6.07 Å².